The first kappa shape index (κ1) is 6.90. The molecular weight excluding hydrogens is 154 g/mol. The summed E-state index contributed by atoms with van der Waals surface area (Å²) < 4.78 is 1.63. The van der Waals surface area contributed by atoms with Crippen molar-refractivity contribution in [2.24, 2.45) is 0 Å². The van der Waals surface area contributed by atoms with E-state index >= 15 is 0 Å². The second-order valence-corrected chi connectivity index (χ2v) is 2.65. The molecule has 5 heteroatoms. The number of nitrogens with zero attached hydrogens (tertiary/aromatic N) is 3. The van der Waals surface area contributed by atoms with Crippen LogP contribution in [0, 0.1) is 6.92 Å². The number of rotatable bonds is 0. The van der Waals surface area contributed by atoms with Crippen LogP contribution in [0.5, 0.6) is 0 Å². The Morgan fingerprint density at radius 1 is 1.42 bits per heavy atom. The Bertz CT molecular complexity index is 431. The minimum Gasteiger partial charge on any atom is -0.382 e. The third kappa shape index (κ3) is 0.795. The van der Waals surface area contributed by atoms with Crippen molar-refractivity contribution in [3.63, 3.8) is 0 Å². The van der Waals surface area contributed by atoms with Gasteiger partial charge in [-0.25, -0.2) is 4.52 Å². The third-order valence-electron chi connectivity index (χ3n) is 1.76. The largest absolute Gasteiger partial charge is 0.382 e. The van der Waals surface area contributed by atoms with Gasteiger partial charge in [-0.1, -0.05) is 0 Å². The van der Waals surface area contributed by atoms with Crippen LogP contribution in [0.1, 0.15) is 5.56 Å². The molecule has 0 saturated carbocycles. The maximum absolute atomic E-state index is 5.65. The molecule has 4 N–H and O–H groups in total. The van der Waals surface area contributed by atoms with Crippen LogP contribution in [0.4, 0.5) is 11.8 Å². The maximum Gasteiger partial charge on any atom is 0.240 e. The molecule has 2 aromatic heterocycles. The SMILES string of the molecule is Cc1ccn2nc(N)nc(N)c12. The van der Waals surface area contributed by atoms with E-state index in [9.17, 15) is 0 Å². The first-order valence-electron chi connectivity index (χ1n) is 3.55. The zero-order valence-electron chi connectivity index (χ0n) is 6.65. The molecule has 5 nitrogen and oxygen atoms in total. The Morgan fingerprint density at radius 3 is 2.92 bits per heavy atom. The van der Waals surface area contributed by atoms with Gasteiger partial charge in [0.1, 0.15) is 5.52 Å². The maximum atomic E-state index is 5.65. The van der Waals surface area contributed by atoms with E-state index < -0.39 is 0 Å². The Kier molecular flexibility index (Phi) is 1.21. The van der Waals surface area contributed by atoms with Crippen molar-refractivity contribution < 1.29 is 0 Å². The summed E-state index contributed by atoms with van der Waals surface area (Å²) in [4.78, 5) is 3.86. The van der Waals surface area contributed by atoms with Gasteiger partial charge in [-0.05, 0) is 18.6 Å². The molecule has 0 aromatic carbocycles. The van der Waals surface area contributed by atoms with Gasteiger partial charge in [-0.15, -0.1) is 5.10 Å². The second-order valence-electron chi connectivity index (χ2n) is 2.65. The monoisotopic (exact) mass is 163 g/mol. The van der Waals surface area contributed by atoms with Gasteiger partial charge in [0.05, 0.1) is 0 Å². The lowest BCUT2D eigenvalue weighted by molar-refractivity contribution is 0.920. The van der Waals surface area contributed by atoms with Crippen molar-refractivity contribution in [1.82, 2.24) is 14.6 Å². The van der Waals surface area contributed by atoms with Crippen LogP contribution >= 0.6 is 0 Å². The summed E-state index contributed by atoms with van der Waals surface area (Å²) in [5.41, 5.74) is 12.9. The molecule has 0 bridgehead atoms. The van der Waals surface area contributed by atoms with Crippen molar-refractivity contribution in [1.29, 1.82) is 0 Å². The Hall–Kier alpha value is -1.78. The molecule has 0 spiro atoms. The van der Waals surface area contributed by atoms with Crippen LogP contribution in [0.25, 0.3) is 5.52 Å². The smallest absolute Gasteiger partial charge is 0.240 e. The number of aromatic nitrogens is 3. The quantitative estimate of drug-likeness (QED) is 0.581. The predicted octanol–water partition coefficient (Wildman–Crippen LogP) is 0.202. The van der Waals surface area contributed by atoms with Gasteiger partial charge in [-0.2, -0.15) is 4.98 Å². The molecule has 0 unspecified atom stereocenters. The van der Waals surface area contributed by atoms with Gasteiger partial charge < -0.3 is 11.5 Å². The third-order valence-corrected chi connectivity index (χ3v) is 1.76. The Balaban J connectivity index is 2.93. The minimum absolute atomic E-state index is 0.190. The molecule has 0 saturated heterocycles. The van der Waals surface area contributed by atoms with E-state index in [1.807, 2.05) is 13.0 Å². The van der Waals surface area contributed by atoms with E-state index in [-0.39, 0.29) is 5.95 Å². The fourth-order valence-corrected chi connectivity index (χ4v) is 1.23. The van der Waals surface area contributed by atoms with E-state index in [4.69, 9.17) is 11.5 Å². The van der Waals surface area contributed by atoms with Crippen LogP contribution in [-0.2, 0) is 0 Å². The summed E-state index contributed by atoms with van der Waals surface area (Å²) >= 11 is 0. The zero-order valence-corrected chi connectivity index (χ0v) is 6.65. The van der Waals surface area contributed by atoms with E-state index in [1.54, 1.807) is 10.7 Å². The van der Waals surface area contributed by atoms with Crippen LogP contribution in [0.3, 0.4) is 0 Å². The molecular formula is C7H9N5. The lowest BCUT2D eigenvalue weighted by atomic mass is 10.3. The minimum atomic E-state index is 0.190. The number of hydrogen-bond acceptors (Lipinski definition) is 4. The molecule has 0 atom stereocenters. The second kappa shape index (κ2) is 2.10. The summed E-state index contributed by atoms with van der Waals surface area (Å²) in [5, 5.41) is 3.96. The van der Waals surface area contributed by atoms with E-state index in [0.717, 1.165) is 11.1 Å². The molecule has 2 heterocycles. The highest BCUT2D eigenvalue weighted by Gasteiger charge is 2.04. The summed E-state index contributed by atoms with van der Waals surface area (Å²) in [6.45, 7) is 1.95. The molecule has 0 fully saturated rings. The van der Waals surface area contributed by atoms with Crippen LogP contribution in [-0.4, -0.2) is 14.6 Å². The van der Waals surface area contributed by atoms with Crippen molar-refractivity contribution >= 4 is 17.3 Å². The van der Waals surface area contributed by atoms with Gasteiger partial charge >= 0.3 is 0 Å². The molecule has 2 aromatic rings. The Morgan fingerprint density at radius 2 is 2.17 bits per heavy atom. The average Bonchev–Trinajstić information content (AvgIpc) is 2.31. The van der Waals surface area contributed by atoms with Gasteiger partial charge in [0.25, 0.3) is 0 Å². The highest BCUT2D eigenvalue weighted by Crippen LogP contribution is 2.15. The van der Waals surface area contributed by atoms with Crippen molar-refractivity contribution in [3.05, 3.63) is 17.8 Å². The number of hydrogen-bond donors (Lipinski definition) is 2. The number of nitrogens with two attached hydrogens (primary N) is 2. The van der Waals surface area contributed by atoms with Crippen molar-refractivity contribution in [3.8, 4) is 0 Å². The number of aryl methyl sites for hydroxylation is 1. The topological polar surface area (TPSA) is 82.2 Å². The van der Waals surface area contributed by atoms with E-state index in [2.05, 4.69) is 10.1 Å². The van der Waals surface area contributed by atoms with Gasteiger partial charge in [0, 0.05) is 6.20 Å². The highest BCUT2D eigenvalue weighted by molar-refractivity contribution is 5.70. The number of anilines is 2. The average molecular weight is 163 g/mol. The van der Waals surface area contributed by atoms with Crippen LogP contribution in [0.2, 0.25) is 0 Å². The summed E-state index contributed by atoms with van der Waals surface area (Å²) in [6.07, 6.45) is 1.80. The van der Waals surface area contributed by atoms with Crippen molar-refractivity contribution in [2.45, 2.75) is 6.92 Å². The zero-order chi connectivity index (χ0) is 8.72. The van der Waals surface area contributed by atoms with Crippen LogP contribution < -0.4 is 11.5 Å². The molecule has 0 aliphatic heterocycles. The van der Waals surface area contributed by atoms with E-state index in [1.165, 1.54) is 0 Å². The molecule has 0 radical (unpaired) electrons. The molecule has 0 aliphatic rings. The van der Waals surface area contributed by atoms with Gasteiger partial charge in [0.15, 0.2) is 5.82 Å². The predicted molar refractivity (Wildman–Crippen MR) is 46.5 cm³/mol. The summed E-state index contributed by atoms with van der Waals surface area (Å²) in [6, 6.07) is 1.92. The molecule has 12 heavy (non-hydrogen) atoms. The van der Waals surface area contributed by atoms with Gasteiger partial charge in [0.2, 0.25) is 5.95 Å². The fourth-order valence-electron chi connectivity index (χ4n) is 1.23. The molecule has 0 amide bonds. The molecule has 0 aliphatic carbocycles. The number of nitrogen functional groups attached to an aromatic ring is 2. The van der Waals surface area contributed by atoms with Crippen LogP contribution in [0.15, 0.2) is 12.3 Å². The molecule has 2 rings (SSSR count). The lowest BCUT2D eigenvalue weighted by Crippen LogP contribution is -2.04. The summed E-state index contributed by atoms with van der Waals surface area (Å²) in [5.74, 6) is 0.612. The first-order valence-corrected chi connectivity index (χ1v) is 3.55. The lowest BCUT2D eigenvalue weighted by Gasteiger charge is -1.99. The summed E-state index contributed by atoms with van der Waals surface area (Å²) in [7, 11) is 0. The first-order chi connectivity index (χ1) is 5.68. The standard InChI is InChI=1S/C7H9N5/c1-4-2-3-12-5(4)6(8)10-7(9)11-12/h2-3H,1H3,(H4,8,9,10,11). The number of fused-ring (bicyclic) bond motifs is 1. The van der Waals surface area contributed by atoms with E-state index in [0.29, 0.717) is 5.82 Å². The van der Waals surface area contributed by atoms with Gasteiger partial charge in [-0.3, -0.25) is 0 Å². The highest BCUT2D eigenvalue weighted by atomic mass is 15.3. The fraction of sp³-hybridized carbons (Fsp3) is 0.143. The Labute approximate surface area is 69.0 Å². The normalized spacial score (nSPS) is 10.8. The molecule has 62 valence electrons. The van der Waals surface area contributed by atoms with Crippen molar-refractivity contribution in [2.75, 3.05) is 11.5 Å².